The fourth-order valence-electron chi connectivity index (χ4n) is 2.93. The lowest BCUT2D eigenvalue weighted by Crippen LogP contribution is -2.25. The summed E-state index contributed by atoms with van der Waals surface area (Å²) in [5.74, 6) is -0.909. The number of hydrogen-bond acceptors (Lipinski definition) is 6. The van der Waals surface area contributed by atoms with Gasteiger partial charge in [-0.25, -0.2) is 17.2 Å². The maximum Gasteiger partial charge on any atom is 0.356 e. The third-order valence-corrected chi connectivity index (χ3v) is 6.02. The molecule has 0 atom stereocenters. The molecule has 0 aliphatic carbocycles. The topological polar surface area (TPSA) is 104 Å². The Bertz CT molecular complexity index is 1250. The lowest BCUT2D eigenvalue weighted by atomic mass is 10.2. The number of carbonyl (C=O) groups is 2. The van der Waals surface area contributed by atoms with Crippen LogP contribution in [0.15, 0.2) is 46.2 Å². The molecule has 0 saturated heterocycles. The van der Waals surface area contributed by atoms with Crippen LogP contribution in [0.25, 0.3) is 10.9 Å². The molecule has 3 aromatic rings. The van der Waals surface area contributed by atoms with Gasteiger partial charge in [0, 0.05) is 24.2 Å². The van der Waals surface area contributed by atoms with Gasteiger partial charge in [-0.15, -0.1) is 0 Å². The molecule has 3 rings (SSSR count). The predicted octanol–water partition coefficient (Wildman–Crippen LogP) is 1.87. The summed E-state index contributed by atoms with van der Waals surface area (Å²) >= 11 is 0. The van der Waals surface area contributed by atoms with Crippen LogP contribution in [0.5, 0.6) is 0 Å². The van der Waals surface area contributed by atoms with Crippen LogP contribution in [0.2, 0.25) is 0 Å². The van der Waals surface area contributed by atoms with Crippen LogP contribution in [0.3, 0.4) is 0 Å². The largest absolute Gasteiger partial charge is 0.461 e. The third kappa shape index (κ3) is 3.03. The molecule has 0 spiro atoms. The average Bonchev–Trinajstić information content (AvgIpc) is 3.07. The van der Waals surface area contributed by atoms with E-state index < -0.39 is 21.6 Å². The lowest BCUT2D eigenvalue weighted by molar-refractivity contribution is 0.0518. The SMILES string of the molecule is CCOC(=O)c1cc2c(C=O)cn(C)c(=O)c2n1S(=O)(=O)c1ccc(C)cc1. The molecule has 0 aliphatic heterocycles. The van der Waals surface area contributed by atoms with Gasteiger partial charge in [0.15, 0.2) is 6.29 Å². The van der Waals surface area contributed by atoms with Gasteiger partial charge < -0.3 is 9.30 Å². The van der Waals surface area contributed by atoms with E-state index >= 15 is 0 Å². The zero-order valence-corrected chi connectivity index (χ0v) is 16.3. The van der Waals surface area contributed by atoms with Crippen LogP contribution in [0.1, 0.15) is 33.3 Å². The van der Waals surface area contributed by atoms with Crippen molar-refractivity contribution in [2.24, 2.45) is 7.05 Å². The van der Waals surface area contributed by atoms with Gasteiger partial charge in [0.1, 0.15) is 11.2 Å². The van der Waals surface area contributed by atoms with Crippen molar-refractivity contribution >= 4 is 33.2 Å². The first-order valence-corrected chi connectivity index (χ1v) is 9.86. The summed E-state index contributed by atoms with van der Waals surface area (Å²) in [5, 5.41) is 0.0665. The van der Waals surface area contributed by atoms with Gasteiger partial charge in [-0.2, -0.15) is 0 Å². The number of ether oxygens (including phenoxy) is 1. The zero-order valence-electron chi connectivity index (χ0n) is 15.5. The van der Waals surface area contributed by atoms with Crippen LogP contribution in [-0.4, -0.2) is 35.8 Å². The van der Waals surface area contributed by atoms with Crippen molar-refractivity contribution < 1.29 is 22.7 Å². The summed E-state index contributed by atoms with van der Waals surface area (Å²) in [6, 6.07) is 7.19. The number of aldehydes is 1. The first kappa shape index (κ1) is 19.6. The van der Waals surface area contributed by atoms with E-state index in [0.717, 1.165) is 10.1 Å². The molecule has 2 heterocycles. The minimum atomic E-state index is -4.31. The normalized spacial score (nSPS) is 11.5. The van der Waals surface area contributed by atoms with E-state index in [2.05, 4.69) is 0 Å². The monoisotopic (exact) mass is 402 g/mol. The fourth-order valence-corrected chi connectivity index (χ4v) is 4.42. The van der Waals surface area contributed by atoms with E-state index in [1.807, 2.05) is 0 Å². The van der Waals surface area contributed by atoms with Gasteiger partial charge >= 0.3 is 5.97 Å². The summed E-state index contributed by atoms with van der Waals surface area (Å²) in [7, 11) is -2.91. The van der Waals surface area contributed by atoms with E-state index in [9.17, 15) is 22.8 Å². The Hall–Kier alpha value is -3.20. The molecule has 0 aliphatic rings. The summed E-state index contributed by atoms with van der Waals surface area (Å²) in [5.41, 5.74) is -0.354. The molecule has 146 valence electrons. The molecule has 28 heavy (non-hydrogen) atoms. The van der Waals surface area contributed by atoms with Crippen molar-refractivity contribution in [2.75, 3.05) is 6.61 Å². The Kier molecular flexibility index (Phi) is 4.95. The Labute approximate surface area is 161 Å². The number of fused-ring (bicyclic) bond motifs is 1. The highest BCUT2D eigenvalue weighted by Crippen LogP contribution is 2.26. The van der Waals surface area contributed by atoms with Crippen molar-refractivity contribution in [3.8, 4) is 0 Å². The molecule has 0 saturated carbocycles. The molecule has 0 bridgehead atoms. The van der Waals surface area contributed by atoms with Crippen LogP contribution >= 0.6 is 0 Å². The lowest BCUT2D eigenvalue weighted by Gasteiger charge is -2.12. The van der Waals surface area contributed by atoms with E-state index in [4.69, 9.17) is 4.74 Å². The second-order valence-corrected chi connectivity index (χ2v) is 8.00. The average molecular weight is 402 g/mol. The number of carbonyl (C=O) groups excluding carboxylic acids is 2. The van der Waals surface area contributed by atoms with Gasteiger partial charge in [0.25, 0.3) is 15.6 Å². The zero-order chi connectivity index (χ0) is 20.6. The number of esters is 1. The van der Waals surface area contributed by atoms with Gasteiger partial charge in [0.2, 0.25) is 0 Å². The molecule has 8 nitrogen and oxygen atoms in total. The molecule has 1 aromatic carbocycles. The number of hydrogen-bond donors (Lipinski definition) is 0. The molecule has 9 heteroatoms. The van der Waals surface area contributed by atoms with Crippen molar-refractivity contribution in [3.05, 3.63) is 63.7 Å². The van der Waals surface area contributed by atoms with Crippen molar-refractivity contribution in [1.82, 2.24) is 8.54 Å². The number of aryl methyl sites for hydroxylation is 2. The third-order valence-electron chi connectivity index (χ3n) is 4.30. The highest BCUT2D eigenvalue weighted by atomic mass is 32.2. The first-order valence-electron chi connectivity index (χ1n) is 8.42. The van der Waals surface area contributed by atoms with Crippen LogP contribution in [0, 0.1) is 6.92 Å². The highest BCUT2D eigenvalue weighted by molar-refractivity contribution is 7.90. The molecule has 0 unspecified atom stereocenters. The predicted molar refractivity (Wildman–Crippen MR) is 102 cm³/mol. The Morgan fingerprint density at radius 1 is 1.21 bits per heavy atom. The number of benzene rings is 1. The highest BCUT2D eigenvalue weighted by Gasteiger charge is 2.30. The van der Waals surface area contributed by atoms with Crippen molar-refractivity contribution in [3.63, 3.8) is 0 Å². The van der Waals surface area contributed by atoms with Crippen LogP contribution < -0.4 is 5.56 Å². The quantitative estimate of drug-likeness (QED) is 0.477. The van der Waals surface area contributed by atoms with E-state index in [-0.39, 0.29) is 33.7 Å². The van der Waals surface area contributed by atoms with E-state index in [0.29, 0.717) is 10.3 Å². The summed E-state index contributed by atoms with van der Waals surface area (Å²) in [6.45, 7) is 3.40. The van der Waals surface area contributed by atoms with Crippen molar-refractivity contribution in [2.45, 2.75) is 18.7 Å². The van der Waals surface area contributed by atoms with Crippen molar-refractivity contribution in [1.29, 1.82) is 0 Å². The molecular weight excluding hydrogens is 384 g/mol. The minimum absolute atomic E-state index is 0.0173. The maximum atomic E-state index is 13.3. The molecule has 2 aromatic heterocycles. The number of nitrogens with zero attached hydrogens (tertiary/aromatic N) is 2. The van der Waals surface area contributed by atoms with Crippen LogP contribution in [-0.2, 0) is 21.8 Å². The van der Waals surface area contributed by atoms with Gasteiger partial charge in [-0.3, -0.25) is 9.59 Å². The second kappa shape index (κ2) is 7.08. The Balaban J connectivity index is 2.48. The molecule has 0 amide bonds. The molecular formula is C19H18N2O6S. The summed E-state index contributed by atoms with van der Waals surface area (Å²) < 4.78 is 33.4. The van der Waals surface area contributed by atoms with Gasteiger partial charge in [-0.05, 0) is 32.0 Å². The molecule has 0 fully saturated rings. The minimum Gasteiger partial charge on any atom is -0.461 e. The van der Waals surface area contributed by atoms with Gasteiger partial charge in [0.05, 0.1) is 11.5 Å². The van der Waals surface area contributed by atoms with E-state index in [1.54, 1.807) is 26.0 Å². The first-order chi connectivity index (χ1) is 13.2. The molecule has 0 N–H and O–H groups in total. The maximum absolute atomic E-state index is 13.3. The molecule has 0 radical (unpaired) electrons. The van der Waals surface area contributed by atoms with Crippen LogP contribution in [0.4, 0.5) is 0 Å². The number of pyridine rings is 1. The Morgan fingerprint density at radius 2 is 1.86 bits per heavy atom. The Morgan fingerprint density at radius 3 is 2.43 bits per heavy atom. The summed E-state index contributed by atoms with van der Waals surface area (Å²) in [4.78, 5) is 36.6. The number of rotatable bonds is 5. The second-order valence-electron chi connectivity index (χ2n) is 6.21. The number of aromatic nitrogens is 2. The van der Waals surface area contributed by atoms with Gasteiger partial charge in [-0.1, -0.05) is 17.7 Å². The fraction of sp³-hybridized carbons (Fsp3) is 0.211. The van der Waals surface area contributed by atoms with E-state index in [1.165, 1.54) is 31.4 Å². The summed E-state index contributed by atoms with van der Waals surface area (Å²) in [6.07, 6.45) is 1.79. The smallest absolute Gasteiger partial charge is 0.356 e. The standard InChI is InChI=1S/C19H18N2O6S/c1-4-27-19(24)16-9-15-13(11-22)10-20(3)18(23)17(15)21(16)28(25,26)14-7-5-12(2)6-8-14/h5-11H,4H2,1-3H3.